The van der Waals surface area contributed by atoms with Crippen molar-refractivity contribution in [3.8, 4) is 16.3 Å². The van der Waals surface area contributed by atoms with Crippen LogP contribution in [-0.2, 0) is 0 Å². The molecule has 1 amide bonds. The number of amides is 1. The molecule has 116 valence electrons. The Morgan fingerprint density at radius 3 is 2.74 bits per heavy atom. The van der Waals surface area contributed by atoms with Crippen molar-refractivity contribution in [1.29, 1.82) is 0 Å². The lowest BCUT2D eigenvalue weighted by Crippen LogP contribution is -2.14. The highest BCUT2D eigenvalue weighted by atomic mass is 35.5. The number of aromatic hydroxyl groups is 1. The number of hydrogen-bond acceptors (Lipinski definition) is 7. The number of nitrogens with zero attached hydrogens (tertiary/aromatic N) is 2. The summed E-state index contributed by atoms with van der Waals surface area (Å²) in [6.45, 7) is 0. The predicted molar refractivity (Wildman–Crippen MR) is 85.0 cm³/mol. The minimum absolute atomic E-state index is 0.223. The molecule has 0 aliphatic heterocycles. The number of aromatic nitrogens is 2. The highest BCUT2D eigenvalue weighted by molar-refractivity contribution is 7.18. The number of rotatable bonds is 3. The largest absolute Gasteiger partial charge is 0.502 e. The van der Waals surface area contributed by atoms with Gasteiger partial charge in [-0.15, -0.1) is 10.2 Å². The van der Waals surface area contributed by atoms with Gasteiger partial charge in [0.1, 0.15) is 0 Å². The smallest absolute Gasteiger partial charge is 0.378 e. The van der Waals surface area contributed by atoms with E-state index in [1.807, 2.05) is 6.07 Å². The van der Waals surface area contributed by atoms with Gasteiger partial charge < -0.3 is 9.52 Å². The Kier molecular flexibility index (Phi) is 4.09. The SMILES string of the molecule is O=C(Nc1nnc(-c2ccccc2Cl)s1)c1ccc(O)c(=O)o1. The number of carbonyl (C=O) groups is 1. The Balaban J connectivity index is 1.81. The molecule has 0 aliphatic rings. The maximum Gasteiger partial charge on any atom is 0.378 e. The number of hydrogen-bond donors (Lipinski definition) is 2. The van der Waals surface area contributed by atoms with Crippen molar-refractivity contribution in [3.05, 3.63) is 57.6 Å². The maximum atomic E-state index is 12.0. The summed E-state index contributed by atoms with van der Waals surface area (Å²) in [4.78, 5) is 23.2. The molecule has 1 aromatic carbocycles. The third-order valence-electron chi connectivity index (χ3n) is 2.78. The first-order chi connectivity index (χ1) is 11.0. The zero-order chi connectivity index (χ0) is 16.4. The van der Waals surface area contributed by atoms with E-state index in [0.717, 1.165) is 17.4 Å². The van der Waals surface area contributed by atoms with E-state index in [1.165, 1.54) is 6.07 Å². The Labute approximate surface area is 138 Å². The van der Waals surface area contributed by atoms with Crippen molar-refractivity contribution >= 4 is 34.0 Å². The predicted octanol–water partition coefficient (Wildman–Crippen LogP) is 2.77. The van der Waals surface area contributed by atoms with Crippen molar-refractivity contribution in [3.63, 3.8) is 0 Å². The molecule has 23 heavy (non-hydrogen) atoms. The van der Waals surface area contributed by atoms with Crippen molar-refractivity contribution in [2.75, 3.05) is 5.32 Å². The molecule has 0 spiro atoms. The van der Waals surface area contributed by atoms with Crippen LogP contribution in [0, 0.1) is 0 Å². The molecule has 2 N–H and O–H groups in total. The van der Waals surface area contributed by atoms with E-state index in [9.17, 15) is 9.59 Å². The monoisotopic (exact) mass is 349 g/mol. The van der Waals surface area contributed by atoms with E-state index in [1.54, 1.807) is 18.2 Å². The summed E-state index contributed by atoms with van der Waals surface area (Å²) in [7, 11) is 0. The topological polar surface area (TPSA) is 105 Å². The number of carbonyl (C=O) groups excluding carboxylic acids is 1. The summed E-state index contributed by atoms with van der Waals surface area (Å²) in [6, 6.07) is 9.38. The average Bonchev–Trinajstić information content (AvgIpc) is 2.98. The van der Waals surface area contributed by atoms with Crippen LogP contribution in [0.5, 0.6) is 5.75 Å². The van der Waals surface area contributed by atoms with Crippen LogP contribution in [0.15, 0.2) is 45.6 Å². The average molecular weight is 350 g/mol. The second kappa shape index (κ2) is 6.19. The second-order valence-electron chi connectivity index (χ2n) is 4.32. The molecule has 0 saturated carbocycles. The van der Waals surface area contributed by atoms with E-state index in [2.05, 4.69) is 19.9 Å². The van der Waals surface area contributed by atoms with Crippen molar-refractivity contribution in [2.24, 2.45) is 0 Å². The van der Waals surface area contributed by atoms with Crippen LogP contribution in [0.4, 0.5) is 5.13 Å². The van der Waals surface area contributed by atoms with Crippen LogP contribution in [0.1, 0.15) is 10.6 Å². The number of benzene rings is 1. The summed E-state index contributed by atoms with van der Waals surface area (Å²) >= 11 is 7.20. The fourth-order valence-electron chi connectivity index (χ4n) is 1.71. The lowest BCUT2D eigenvalue weighted by atomic mass is 10.2. The molecule has 3 aromatic rings. The first-order valence-electron chi connectivity index (χ1n) is 6.27. The molecule has 0 unspecified atom stereocenters. The van der Waals surface area contributed by atoms with Gasteiger partial charge in [-0.05, 0) is 18.2 Å². The lowest BCUT2D eigenvalue weighted by Gasteiger charge is -1.99. The third-order valence-corrected chi connectivity index (χ3v) is 3.98. The van der Waals surface area contributed by atoms with E-state index in [4.69, 9.17) is 16.7 Å². The number of halogens is 1. The summed E-state index contributed by atoms with van der Waals surface area (Å²) in [5.41, 5.74) is -0.296. The van der Waals surface area contributed by atoms with Gasteiger partial charge in [0.05, 0.1) is 5.02 Å². The lowest BCUT2D eigenvalue weighted by molar-refractivity contribution is 0.0991. The molecule has 7 nitrogen and oxygen atoms in total. The first kappa shape index (κ1) is 15.2. The van der Waals surface area contributed by atoms with Gasteiger partial charge in [-0.1, -0.05) is 41.1 Å². The van der Waals surface area contributed by atoms with Gasteiger partial charge >= 0.3 is 5.63 Å². The highest BCUT2D eigenvalue weighted by Gasteiger charge is 2.15. The molecule has 0 fully saturated rings. The Hall–Kier alpha value is -2.71. The van der Waals surface area contributed by atoms with E-state index in [0.29, 0.717) is 15.6 Å². The normalized spacial score (nSPS) is 10.5. The first-order valence-corrected chi connectivity index (χ1v) is 7.47. The molecule has 0 bridgehead atoms. The van der Waals surface area contributed by atoms with Gasteiger partial charge in [-0.2, -0.15) is 0 Å². The quantitative estimate of drug-likeness (QED) is 0.753. The van der Waals surface area contributed by atoms with Gasteiger partial charge in [0.2, 0.25) is 10.9 Å². The molecule has 2 aromatic heterocycles. The summed E-state index contributed by atoms with van der Waals surface area (Å²) < 4.78 is 4.67. The maximum absolute atomic E-state index is 12.0. The third kappa shape index (κ3) is 3.22. The van der Waals surface area contributed by atoms with E-state index in [-0.39, 0.29) is 10.9 Å². The van der Waals surface area contributed by atoms with Crippen LogP contribution >= 0.6 is 22.9 Å². The Morgan fingerprint density at radius 1 is 1.22 bits per heavy atom. The fraction of sp³-hybridized carbons (Fsp3) is 0. The van der Waals surface area contributed by atoms with E-state index >= 15 is 0 Å². The second-order valence-corrected chi connectivity index (χ2v) is 5.70. The zero-order valence-electron chi connectivity index (χ0n) is 11.3. The molecule has 9 heteroatoms. The highest BCUT2D eigenvalue weighted by Crippen LogP contribution is 2.31. The summed E-state index contributed by atoms with van der Waals surface area (Å²) in [6.07, 6.45) is 0. The van der Waals surface area contributed by atoms with Crippen LogP contribution in [-0.4, -0.2) is 21.2 Å². The molecule has 0 radical (unpaired) electrons. The molecular formula is C14H8ClN3O4S. The van der Waals surface area contributed by atoms with Crippen LogP contribution in [0.3, 0.4) is 0 Å². The van der Waals surface area contributed by atoms with Crippen LogP contribution in [0.2, 0.25) is 5.02 Å². The Bertz CT molecular complexity index is 938. The Morgan fingerprint density at radius 2 is 2.00 bits per heavy atom. The van der Waals surface area contributed by atoms with Crippen molar-refractivity contribution in [2.45, 2.75) is 0 Å². The van der Waals surface area contributed by atoms with Gasteiger partial charge in [-0.25, -0.2) is 4.79 Å². The summed E-state index contributed by atoms with van der Waals surface area (Å²) in [5.74, 6) is -1.50. The van der Waals surface area contributed by atoms with Crippen LogP contribution < -0.4 is 10.9 Å². The summed E-state index contributed by atoms with van der Waals surface area (Å²) in [5, 5.41) is 20.7. The van der Waals surface area contributed by atoms with Crippen LogP contribution in [0.25, 0.3) is 10.6 Å². The molecule has 2 heterocycles. The minimum Gasteiger partial charge on any atom is -0.502 e. The molecule has 0 atom stereocenters. The standard InChI is InChI=1S/C14H8ClN3O4S/c15-8-4-2-1-3-7(8)12-17-18-14(23-12)16-11(20)10-6-5-9(19)13(21)22-10/h1-6,19H,(H,16,18,20). The van der Waals surface area contributed by atoms with Gasteiger partial charge in [0.25, 0.3) is 5.91 Å². The van der Waals surface area contributed by atoms with Crippen molar-refractivity contribution in [1.82, 2.24) is 10.2 Å². The van der Waals surface area contributed by atoms with Gasteiger partial charge in [-0.3, -0.25) is 10.1 Å². The number of anilines is 1. The van der Waals surface area contributed by atoms with Gasteiger partial charge in [0.15, 0.2) is 10.8 Å². The van der Waals surface area contributed by atoms with E-state index < -0.39 is 17.3 Å². The molecule has 0 aliphatic carbocycles. The van der Waals surface area contributed by atoms with Crippen molar-refractivity contribution < 1.29 is 14.3 Å². The fourth-order valence-corrected chi connectivity index (χ4v) is 2.77. The zero-order valence-corrected chi connectivity index (χ0v) is 12.9. The molecular weight excluding hydrogens is 342 g/mol. The van der Waals surface area contributed by atoms with Gasteiger partial charge in [0, 0.05) is 5.56 Å². The molecule has 3 rings (SSSR count). The number of nitrogens with one attached hydrogen (secondary N) is 1. The minimum atomic E-state index is -0.994. The molecule has 0 saturated heterocycles.